The summed E-state index contributed by atoms with van der Waals surface area (Å²) in [5, 5.41) is 0. The van der Waals surface area contributed by atoms with Crippen LogP contribution in [0.4, 0.5) is 16.6 Å². The summed E-state index contributed by atoms with van der Waals surface area (Å²) in [6.07, 6.45) is 3.21. The normalized spacial score (nSPS) is 26.9. The van der Waals surface area contributed by atoms with Crippen LogP contribution in [0.25, 0.3) is 0 Å². The van der Waals surface area contributed by atoms with Gasteiger partial charge in [-0.15, -0.1) is 0 Å². The van der Waals surface area contributed by atoms with Crippen molar-refractivity contribution < 1.29 is 9.53 Å². The van der Waals surface area contributed by atoms with Gasteiger partial charge in [-0.25, -0.2) is 9.78 Å². The summed E-state index contributed by atoms with van der Waals surface area (Å²) < 4.78 is 5.54. The number of carbonyl (C=O) groups is 1. The van der Waals surface area contributed by atoms with Gasteiger partial charge in [-0.05, 0) is 18.9 Å². The highest BCUT2D eigenvalue weighted by molar-refractivity contribution is 5.70. The highest BCUT2D eigenvalue weighted by Crippen LogP contribution is 2.32. The molecule has 0 saturated carbocycles. The summed E-state index contributed by atoms with van der Waals surface area (Å²) in [5.74, 6) is 1.05. The van der Waals surface area contributed by atoms with Crippen molar-refractivity contribution >= 4 is 17.9 Å². The lowest BCUT2D eigenvalue weighted by Gasteiger charge is -2.38. The number of hydrogen-bond acceptors (Lipinski definition) is 6. The zero-order valence-electron chi connectivity index (χ0n) is 10.9. The van der Waals surface area contributed by atoms with Crippen LogP contribution in [-0.4, -0.2) is 53.2 Å². The summed E-state index contributed by atoms with van der Waals surface area (Å²) in [5.41, 5.74) is 5.25. The molecule has 1 atom stereocenters. The number of anilines is 2. The number of hydrogen-bond donors (Lipinski definition) is 1. The van der Waals surface area contributed by atoms with Crippen LogP contribution in [-0.2, 0) is 4.74 Å². The molecule has 2 saturated heterocycles. The number of amides is 1. The van der Waals surface area contributed by atoms with E-state index in [4.69, 9.17) is 10.5 Å². The fourth-order valence-corrected chi connectivity index (χ4v) is 2.79. The van der Waals surface area contributed by atoms with E-state index < -0.39 is 5.60 Å². The smallest absolute Gasteiger partial charge is 0.410 e. The summed E-state index contributed by atoms with van der Waals surface area (Å²) in [4.78, 5) is 23.7. The summed E-state index contributed by atoms with van der Waals surface area (Å²) in [7, 11) is 1.76. The first-order chi connectivity index (χ1) is 9.08. The number of piperidine rings is 1. The van der Waals surface area contributed by atoms with E-state index in [2.05, 4.69) is 9.97 Å². The zero-order valence-corrected chi connectivity index (χ0v) is 10.9. The zero-order chi connectivity index (χ0) is 13.5. The van der Waals surface area contributed by atoms with E-state index in [1.54, 1.807) is 24.2 Å². The Morgan fingerprint density at radius 1 is 1.47 bits per heavy atom. The minimum Gasteiger partial charge on any atom is -0.439 e. The van der Waals surface area contributed by atoms with Gasteiger partial charge in [0.15, 0.2) is 0 Å². The first-order valence-electron chi connectivity index (χ1n) is 6.36. The molecule has 1 amide bonds. The molecule has 3 heterocycles. The molecule has 0 bridgehead atoms. The van der Waals surface area contributed by atoms with E-state index in [0.29, 0.717) is 24.9 Å². The van der Waals surface area contributed by atoms with Gasteiger partial charge >= 0.3 is 6.09 Å². The Bertz CT molecular complexity index is 509. The van der Waals surface area contributed by atoms with Crippen molar-refractivity contribution in [3.63, 3.8) is 0 Å². The Balaban J connectivity index is 1.81. The first-order valence-corrected chi connectivity index (χ1v) is 6.36. The van der Waals surface area contributed by atoms with Crippen molar-refractivity contribution in [2.24, 2.45) is 0 Å². The summed E-state index contributed by atoms with van der Waals surface area (Å²) in [6, 6.07) is 1.66. The van der Waals surface area contributed by atoms with Crippen molar-refractivity contribution in [1.29, 1.82) is 0 Å². The second kappa shape index (κ2) is 4.25. The fraction of sp³-hybridized carbons (Fsp3) is 0.583. The van der Waals surface area contributed by atoms with Gasteiger partial charge in [-0.3, -0.25) is 0 Å². The third-order valence-corrected chi connectivity index (χ3v) is 3.63. The van der Waals surface area contributed by atoms with E-state index in [9.17, 15) is 4.79 Å². The fourth-order valence-electron chi connectivity index (χ4n) is 2.79. The quantitative estimate of drug-likeness (QED) is 0.793. The number of ether oxygens (including phenoxy) is 1. The number of carbonyl (C=O) groups excluding carboxylic acids is 1. The summed E-state index contributed by atoms with van der Waals surface area (Å²) in [6.45, 7) is 2.09. The van der Waals surface area contributed by atoms with E-state index in [-0.39, 0.29) is 6.09 Å². The molecule has 2 aliphatic heterocycles. The van der Waals surface area contributed by atoms with E-state index in [0.717, 1.165) is 19.4 Å². The van der Waals surface area contributed by atoms with E-state index in [1.807, 2.05) is 4.90 Å². The number of likely N-dealkylation sites (N-methyl/N-ethyl adjacent to an activating group) is 1. The molecule has 102 valence electrons. The van der Waals surface area contributed by atoms with Crippen LogP contribution in [0.2, 0.25) is 0 Å². The maximum absolute atomic E-state index is 11.6. The predicted octanol–water partition coefficient (Wildman–Crippen LogP) is 0.480. The Kier molecular flexibility index (Phi) is 2.69. The van der Waals surface area contributed by atoms with Crippen LogP contribution in [0.15, 0.2) is 12.3 Å². The molecule has 1 aromatic heterocycles. The van der Waals surface area contributed by atoms with Crippen molar-refractivity contribution in [1.82, 2.24) is 14.9 Å². The molecule has 0 aromatic carbocycles. The van der Waals surface area contributed by atoms with Crippen LogP contribution in [0.3, 0.4) is 0 Å². The van der Waals surface area contributed by atoms with Gasteiger partial charge in [-0.1, -0.05) is 0 Å². The first kappa shape index (κ1) is 12.0. The van der Waals surface area contributed by atoms with Crippen molar-refractivity contribution in [3.8, 4) is 0 Å². The van der Waals surface area contributed by atoms with Gasteiger partial charge in [-0.2, -0.15) is 4.98 Å². The molecular weight excluding hydrogens is 246 g/mol. The number of rotatable bonds is 1. The van der Waals surface area contributed by atoms with Crippen LogP contribution in [0, 0.1) is 0 Å². The maximum Gasteiger partial charge on any atom is 0.410 e. The average molecular weight is 263 g/mol. The van der Waals surface area contributed by atoms with E-state index in [1.165, 1.54) is 0 Å². The number of nitrogens with zero attached hydrogens (tertiary/aromatic N) is 4. The number of nitrogens with two attached hydrogens (primary N) is 1. The van der Waals surface area contributed by atoms with Crippen LogP contribution < -0.4 is 10.6 Å². The van der Waals surface area contributed by atoms with Crippen molar-refractivity contribution in [2.45, 2.75) is 18.4 Å². The van der Waals surface area contributed by atoms with Crippen molar-refractivity contribution in [2.75, 3.05) is 37.3 Å². The SMILES string of the molecule is CN1C[C@@]2(CCCN(c3nccc(N)n3)C2)OC1=O. The lowest BCUT2D eigenvalue weighted by atomic mass is 9.93. The van der Waals surface area contributed by atoms with Gasteiger partial charge in [0.05, 0.1) is 13.1 Å². The van der Waals surface area contributed by atoms with Gasteiger partial charge in [0.25, 0.3) is 0 Å². The Hall–Kier alpha value is -2.05. The van der Waals surface area contributed by atoms with Crippen LogP contribution in [0.5, 0.6) is 0 Å². The molecule has 0 aliphatic carbocycles. The maximum atomic E-state index is 11.6. The highest BCUT2D eigenvalue weighted by Gasteiger charge is 2.46. The van der Waals surface area contributed by atoms with Crippen LogP contribution in [0.1, 0.15) is 12.8 Å². The molecule has 2 fully saturated rings. The molecule has 19 heavy (non-hydrogen) atoms. The lowest BCUT2D eigenvalue weighted by Crippen LogP contribution is -2.51. The van der Waals surface area contributed by atoms with Gasteiger partial charge in [0.1, 0.15) is 11.4 Å². The highest BCUT2D eigenvalue weighted by atomic mass is 16.6. The second-order valence-electron chi connectivity index (χ2n) is 5.21. The molecule has 2 N–H and O–H groups in total. The number of aromatic nitrogens is 2. The average Bonchev–Trinajstić information content (AvgIpc) is 2.64. The van der Waals surface area contributed by atoms with Crippen molar-refractivity contribution in [3.05, 3.63) is 12.3 Å². The van der Waals surface area contributed by atoms with Gasteiger partial charge < -0.3 is 20.3 Å². The molecule has 1 spiro atoms. The topological polar surface area (TPSA) is 84.6 Å². The molecule has 0 radical (unpaired) electrons. The standard InChI is InChI=1S/C12H17N5O2/c1-16-7-12(19-11(16)18)4-2-6-17(8-12)10-14-5-3-9(13)15-10/h3,5H,2,4,6-8H2,1H3,(H2,13,14,15)/t12-/m1/s1. The third kappa shape index (κ3) is 2.16. The molecule has 1 aromatic rings. The van der Waals surface area contributed by atoms with Crippen LogP contribution >= 0.6 is 0 Å². The molecule has 3 rings (SSSR count). The van der Waals surface area contributed by atoms with Gasteiger partial charge in [0, 0.05) is 19.8 Å². The predicted molar refractivity (Wildman–Crippen MR) is 69.7 cm³/mol. The molecule has 0 unspecified atom stereocenters. The monoisotopic (exact) mass is 263 g/mol. The molecular formula is C12H17N5O2. The second-order valence-corrected chi connectivity index (χ2v) is 5.21. The minimum absolute atomic E-state index is 0.254. The largest absolute Gasteiger partial charge is 0.439 e. The number of nitrogen functional groups attached to an aromatic ring is 1. The van der Waals surface area contributed by atoms with E-state index >= 15 is 0 Å². The Morgan fingerprint density at radius 2 is 2.32 bits per heavy atom. The molecule has 7 heteroatoms. The summed E-state index contributed by atoms with van der Waals surface area (Å²) >= 11 is 0. The Labute approximate surface area is 111 Å². The molecule has 2 aliphatic rings. The molecule has 7 nitrogen and oxygen atoms in total. The lowest BCUT2D eigenvalue weighted by molar-refractivity contribution is 0.0443. The minimum atomic E-state index is -0.432. The Morgan fingerprint density at radius 3 is 3.00 bits per heavy atom. The third-order valence-electron chi connectivity index (χ3n) is 3.63. The van der Waals surface area contributed by atoms with Gasteiger partial charge in [0.2, 0.25) is 5.95 Å².